The van der Waals surface area contributed by atoms with Crippen LogP contribution in [-0.4, -0.2) is 40.8 Å². The predicted molar refractivity (Wildman–Crippen MR) is 115 cm³/mol. The number of ether oxygens (including phenoxy) is 3. The van der Waals surface area contributed by atoms with E-state index in [0.717, 1.165) is 12.8 Å². The van der Waals surface area contributed by atoms with Gasteiger partial charge in [-0.25, -0.2) is 14.2 Å². The van der Waals surface area contributed by atoms with Gasteiger partial charge in [0.2, 0.25) is 5.88 Å². The van der Waals surface area contributed by atoms with Crippen molar-refractivity contribution < 1.29 is 23.4 Å². The Hall–Kier alpha value is -3.18. The number of hydrogen-bond acceptors (Lipinski definition) is 6. The van der Waals surface area contributed by atoms with E-state index in [1.165, 1.54) is 12.1 Å². The van der Waals surface area contributed by atoms with Crippen LogP contribution in [0.2, 0.25) is 0 Å². The van der Waals surface area contributed by atoms with Gasteiger partial charge in [-0.15, -0.1) is 0 Å². The van der Waals surface area contributed by atoms with Crippen LogP contribution in [0.4, 0.5) is 9.18 Å². The van der Waals surface area contributed by atoms with Crippen molar-refractivity contribution in [1.29, 1.82) is 5.26 Å². The number of nitrogens with zero attached hydrogens (tertiary/aromatic N) is 3. The van der Waals surface area contributed by atoms with Crippen LogP contribution >= 0.6 is 0 Å². The summed E-state index contributed by atoms with van der Waals surface area (Å²) in [6.45, 7) is 7.07. The van der Waals surface area contributed by atoms with Gasteiger partial charge >= 0.3 is 6.09 Å². The molecule has 1 amide bonds. The van der Waals surface area contributed by atoms with E-state index in [9.17, 15) is 9.18 Å². The number of nitriles is 1. The first-order valence-electron chi connectivity index (χ1n) is 10.6. The van der Waals surface area contributed by atoms with Crippen molar-refractivity contribution in [2.75, 3.05) is 13.1 Å². The van der Waals surface area contributed by atoms with E-state index in [4.69, 9.17) is 19.5 Å². The topological polar surface area (TPSA) is 84.7 Å². The molecule has 0 aliphatic carbocycles. The Morgan fingerprint density at radius 1 is 1.22 bits per heavy atom. The molecule has 0 atom stereocenters. The van der Waals surface area contributed by atoms with E-state index < -0.39 is 11.4 Å². The molecule has 2 heterocycles. The van der Waals surface area contributed by atoms with Crippen LogP contribution in [0.25, 0.3) is 0 Å². The molecule has 1 aliphatic rings. The number of carbonyl (C=O) groups is 1. The van der Waals surface area contributed by atoms with Gasteiger partial charge in [0.15, 0.2) is 0 Å². The number of hydrogen-bond donors (Lipinski definition) is 0. The Kier molecular flexibility index (Phi) is 7.65. The summed E-state index contributed by atoms with van der Waals surface area (Å²) in [6, 6.07) is 11.5. The highest BCUT2D eigenvalue weighted by atomic mass is 19.1. The van der Waals surface area contributed by atoms with Gasteiger partial charge in [0, 0.05) is 24.7 Å². The molecule has 1 aromatic carbocycles. The van der Waals surface area contributed by atoms with Gasteiger partial charge in [-0.05, 0) is 51.8 Å². The van der Waals surface area contributed by atoms with Crippen molar-refractivity contribution in [1.82, 2.24) is 9.88 Å². The summed E-state index contributed by atoms with van der Waals surface area (Å²) in [5.74, 6) is -0.115. The largest absolute Gasteiger partial charge is 0.473 e. The molecule has 0 N–H and O–H groups in total. The Balaban J connectivity index is 1.46. The van der Waals surface area contributed by atoms with Crippen molar-refractivity contribution in [3.63, 3.8) is 0 Å². The molecule has 7 nitrogen and oxygen atoms in total. The lowest BCUT2D eigenvalue weighted by atomic mass is 10.1. The number of amides is 1. The second-order valence-electron chi connectivity index (χ2n) is 8.65. The smallest absolute Gasteiger partial charge is 0.410 e. The molecule has 0 saturated carbocycles. The van der Waals surface area contributed by atoms with Gasteiger partial charge in [-0.1, -0.05) is 12.1 Å². The van der Waals surface area contributed by atoms with E-state index >= 15 is 0 Å². The summed E-state index contributed by atoms with van der Waals surface area (Å²) < 4.78 is 31.0. The lowest BCUT2D eigenvalue weighted by Gasteiger charge is -2.33. The van der Waals surface area contributed by atoms with Crippen molar-refractivity contribution in [3.05, 3.63) is 59.0 Å². The van der Waals surface area contributed by atoms with E-state index in [1.807, 2.05) is 32.9 Å². The van der Waals surface area contributed by atoms with Crippen LogP contribution in [-0.2, 0) is 22.7 Å². The minimum atomic E-state index is -0.505. The summed E-state index contributed by atoms with van der Waals surface area (Å²) in [7, 11) is 0. The van der Waals surface area contributed by atoms with E-state index in [0.29, 0.717) is 36.8 Å². The van der Waals surface area contributed by atoms with E-state index in [-0.39, 0.29) is 24.4 Å². The molecule has 0 bridgehead atoms. The van der Waals surface area contributed by atoms with Crippen molar-refractivity contribution >= 4 is 6.09 Å². The average Bonchev–Trinajstić information content (AvgIpc) is 2.76. The van der Waals surface area contributed by atoms with Crippen molar-refractivity contribution in [3.8, 4) is 11.9 Å². The molecule has 1 aliphatic heterocycles. The van der Waals surface area contributed by atoms with Crippen LogP contribution in [0.3, 0.4) is 0 Å². The number of aromatic nitrogens is 1. The Morgan fingerprint density at radius 2 is 1.97 bits per heavy atom. The SMILES string of the molecule is CC(C)(C)OC(=O)N1CCC(OCc2cccc(OCc3ccc(C#N)cc3F)n2)CC1. The van der Waals surface area contributed by atoms with Crippen LogP contribution < -0.4 is 4.74 Å². The maximum atomic E-state index is 14.0. The van der Waals surface area contributed by atoms with Gasteiger partial charge in [0.05, 0.1) is 30.0 Å². The molecule has 0 spiro atoms. The average molecular weight is 442 g/mol. The molecule has 1 saturated heterocycles. The first-order valence-corrected chi connectivity index (χ1v) is 10.6. The molecule has 3 rings (SSSR count). The zero-order valence-corrected chi connectivity index (χ0v) is 18.6. The van der Waals surface area contributed by atoms with Gasteiger partial charge in [0.1, 0.15) is 18.0 Å². The standard InChI is InChI=1S/C24H28FN3O4/c1-24(2,3)32-23(29)28-11-9-20(10-12-28)30-16-19-5-4-6-22(27-19)31-15-18-8-7-17(14-26)13-21(18)25/h4-8,13,20H,9-12,15-16H2,1-3H3. The van der Waals surface area contributed by atoms with E-state index in [1.54, 1.807) is 23.1 Å². The minimum Gasteiger partial charge on any atom is -0.473 e. The monoisotopic (exact) mass is 441 g/mol. The zero-order chi connectivity index (χ0) is 23.1. The fourth-order valence-electron chi connectivity index (χ4n) is 3.24. The Morgan fingerprint density at radius 3 is 2.62 bits per heavy atom. The highest BCUT2D eigenvalue weighted by Gasteiger charge is 2.27. The number of benzene rings is 1. The highest BCUT2D eigenvalue weighted by Crippen LogP contribution is 2.19. The van der Waals surface area contributed by atoms with Gasteiger partial charge in [-0.3, -0.25) is 0 Å². The molecule has 0 radical (unpaired) electrons. The number of halogens is 1. The van der Waals surface area contributed by atoms with Crippen LogP contribution in [0, 0.1) is 17.1 Å². The predicted octanol–water partition coefficient (Wildman–Crippen LogP) is 4.59. The number of pyridine rings is 1. The maximum Gasteiger partial charge on any atom is 0.410 e. The van der Waals surface area contributed by atoms with Gasteiger partial charge < -0.3 is 19.1 Å². The third-order valence-corrected chi connectivity index (χ3v) is 4.90. The Labute approximate surface area is 187 Å². The lowest BCUT2D eigenvalue weighted by Crippen LogP contribution is -2.43. The third kappa shape index (κ3) is 6.92. The quantitative estimate of drug-likeness (QED) is 0.652. The molecule has 2 aromatic rings. The fourth-order valence-corrected chi connectivity index (χ4v) is 3.24. The zero-order valence-electron chi connectivity index (χ0n) is 18.6. The summed E-state index contributed by atoms with van der Waals surface area (Å²) in [5.41, 5.74) is 0.816. The van der Waals surface area contributed by atoms with Crippen molar-refractivity contribution in [2.45, 2.75) is 58.5 Å². The molecule has 170 valence electrons. The molecule has 32 heavy (non-hydrogen) atoms. The van der Waals surface area contributed by atoms with E-state index in [2.05, 4.69) is 4.98 Å². The maximum absolute atomic E-state index is 14.0. The molecule has 1 fully saturated rings. The number of likely N-dealkylation sites (tertiary alicyclic amines) is 1. The molecule has 8 heteroatoms. The highest BCUT2D eigenvalue weighted by molar-refractivity contribution is 5.68. The Bertz CT molecular complexity index is 976. The first-order chi connectivity index (χ1) is 15.2. The number of carbonyl (C=O) groups excluding carboxylic acids is 1. The summed E-state index contributed by atoms with van der Waals surface area (Å²) in [4.78, 5) is 18.3. The van der Waals surface area contributed by atoms with Gasteiger partial charge in [0.25, 0.3) is 0 Å². The van der Waals surface area contributed by atoms with Crippen molar-refractivity contribution in [2.24, 2.45) is 0 Å². The normalized spacial score (nSPS) is 14.7. The summed E-state index contributed by atoms with van der Waals surface area (Å²) in [5, 5.41) is 8.82. The van der Waals surface area contributed by atoms with Crippen LogP contribution in [0.5, 0.6) is 5.88 Å². The molecular formula is C24H28FN3O4. The fraction of sp³-hybridized carbons (Fsp3) is 0.458. The molecule has 1 aromatic heterocycles. The third-order valence-electron chi connectivity index (χ3n) is 4.90. The summed E-state index contributed by atoms with van der Waals surface area (Å²) in [6.07, 6.45) is 1.20. The van der Waals surface area contributed by atoms with Crippen LogP contribution in [0.1, 0.15) is 50.4 Å². The molecule has 0 unspecified atom stereocenters. The van der Waals surface area contributed by atoms with Gasteiger partial charge in [-0.2, -0.15) is 5.26 Å². The first kappa shape index (κ1) is 23.5. The second-order valence-corrected chi connectivity index (χ2v) is 8.65. The number of piperidine rings is 1. The number of rotatable bonds is 6. The second kappa shape index (κ2) is 10.4. The lowest BCUT2D eigenvalue weighted by molar-refractivity contribution is -0.0179. The van der Waals surface area contributed by atoms with Crippen LogP contribution in [0.15, 0.2) is 36.4 Å². The summed E-state index contributed by atoms with van der Waals surface area (Å²) >= 11 is 0. The minimum absolute atomic E-state index is 0.0119. The molecular weight excluding hydrogens is 413 g/mol.